The Kier molecular flexibility index (Phi) is 13.3. The van der Waals surface area contributed by atoms with Gasteiger partial charge in [-0.2, -0.15) is 0 Å². The molecule has 11 aromatic carbocycles. The van der Waals surface area contributed by atoms with Gasteiger partial charge in [-0.25, -0.2) is 0 Å². The third-order valence-corrected chi connectivity index (χ3v) is 18.9. The summed E-state index contributed by atoms with van der Waals surface area (Å²) in [5.74, 6) is 3.45. The molecule has 0 aromatic heterocycles. The largest absolute Gasteiger partial charge is 0.458 e. The van der Waals surface area contributed by atoms with Gasteiger partial charge >= 0.3 is 0 Å². The molecule has 0 unspecified atom stereocenters. The molecule has 4 aliphatic rings. The normalized spacial score (nSPS) is 13.6. The first-order valence-corrected chi connectivity index (χ1v) is 32.0. The highest BCUT2D eigenvalue weighted by Crippen LogP contribution is 2.51. The maximum atomic E-state index is 7.52. The van der Waals surface area contributed by atoms with E-state index < -0.39 is 0 Å². The van der Waals surface area contributed by atoms with Gasteiger partial charge in [0.05, 0.1) is 11.4 Å². The maximum absolute atomic E-state index is 7.52. The van der Waals surface area contributed by atoms with Gasteiger partial charge in [0.2, 0.25) is 0 Å². The molecule has 0 amide bonds. The number of ether oxygens (including phenoxy) is 2. The fraction of sp³-hybridized carbons (Fsp3) is 0.195. The maximum Gasteiger partial charge on any atom is 0.256 e. The summed E-state index contributed by atoms with van der Waals surface area (Å²) >= 11 is 0. The molecule has 0 radical (unpaired) electrons. The number of fused-ring (bicyclic) bond motifs is 8. The molecule has 0 atom stereocenters. The van der Waals surface area contributed by atoms with Gasteiger partial charge in [-0.05, 0) is 180 Å². The zero-order valence-electron chi connectivity index (χ0n) is 53.9. The van der Waals surface area contributed by atoms with E-state index in [1.54, 1.807) is 0 Å². The van der Waals surface area contributed by atoms with Crippen LogP contribution < -0.4 is 61.9 Å². The number of hydrogen-bond acceptors (Lipinski definition) is 6. The Bertz CT molecular complexity index is 4330. The van der Waals surface area contributed by atoms with Crippen molar-refractivity contribution in [1.82, 2.24) is 0 Å². The minimum absolute atomic E-state index is 0.0727. The highest BCUT2D eigenvalue weighted by molar-refractivity contribution is 7.02. The van der Waals surface area contributed by atoms with E-state index in [1.165, 1.54) is 33.2 Å². The average molecular weight is 1170 g/mol. The Morgan fingerprint density at radius 1 is 0.267 bits per heavy atom. The Morgan fingerprint density at radius 2 is 0.611 bits per heavy atom. The van der Waals surface area contributed by atoms with Gasteiger partial charge in [0.15, 0.2) is 0 Å². The second kappa shape index (κ2) is 21.0. The third kappa shape index (κ3) is 9.65. The molecule has 0 spiro atoms. The van der Waals surface area contributed by atoms with Crippen LogP contribution in [0.5, 0.6) is 23.0 Å². The molecular formula is C82H76B2N4O2. The Balaban J connectivity index is 1.04. The van der Waals surface area contributed by atoms with Crippen LogP contribution in [0.25, 0.3) is 0 Å². The second-order valence-electron chi connectivity index (χ2n) is 29.1. The summed E-state index contributed by atoms with van der Waals surface area (Å²) in [6.07, 6.45) is 0. The van der Waals surface area contributed by atoms with Gasteiger partial charge < -0.3 is 29.1 Å². The molecule has 11 aromatic rings. The lowest BCUT2D eigenvalue weighted by Crippen LogP contribution is -2.63. The highest BCUT2D eigenvalue weighted by Gasteiger charge is 2.48. The van der Waals surface area contributed by atoms with Crippen molar-refractivity contribution in [1.29, 1.82) is 0 Å². The van der Waals surface area contributed by atoms with Crippen LogP contribution in [0.3, 0.4) is 0 Å². The number of hydrogen-bond donors (Lipinski definition) is 0. The SMILES string of the molecule is CC(C)(C)c1cccc(N(c2ccccc2)c2cc3c4c(c2)N(c2ccccc2)c2cc5c(cc2B4c2ccc(C(C)(C)C)cc2O3)B2c3ccc(C(C)(C)C)cc3Oc3cc(N(c4ccccc4)c4cccc(C(C)(C)C)c4)cc(c32)N5c2ccccc2)c1. The van der Waals surface area contributed by atoms with Crippen LogP contribution in [0, 0.1) is 0 Å². The molecule has 0 saturated heterocycles. The van der Waals surface area contributed by atoms with Crippen molar-refractivity contribution < 1.29 is 9.47 Å². The summed E-state index contributed by atoms with van der Waals surface area (Å²) in [5, 5.41) is 0. The van der Waals surface area contributed by atoms with E-state index in [4.69, 9.17) is 9.47 Å². The van der Waals surface area contributed by atoms with Gasteiger partial charge in [-0.1, -0.05) is 210 Å². The number of para-hydroxylation sites is 4. The molecule has 8 heteroatoms. The van der Waals surface area contributed by atoms with Crippen LogP contribution in [0.2, 0.25) is 0 Å². The minimum atomic E-state index is -0.198. The van der Waals surface area contributed by atoms with Crippen LogP contribution in [-0.2, 0) is 21.7 Å². The van der Waals surface area contributed by atoms with Crippen LogP contribution in [0.1, 0.15) is 105 Å². The molecule has 0 bridgehead atoms. The van der Waals surface area contributed by atoms with Crippen molar-refractivity contribution in [2.75, 3.05) is 19.6 Å². The zero-order chi connectivity index (χ0) is 62.2. The van der Waals surface area contributed by atoms with E-state index in [2.05, 4.69) is 345 Å². The first kappa shape index (κ1) is 56.8. The summed E-state index contributed by atoms with van der Waals surface area (Å²) in [6.45, 7) is 27.1. The summed E-state index contributed by atoms with van der Waals surface area (Å²) in [4.78, 5) is 9.86. The third-order valence-electron chi connectivity index (χ3n) is 18.9. The van der Waals surface area contributed by atoms with Crippen molar-refractivity contribution in [3.8, 4) is 23.0 Å². The minimum Gasteiger partial charge on any atom is -0.458 e. The van der Waals surface area contributed by atoms with Gasteiger partial charge in [-0.3, -0.25) is 0 Å². The fourth-order valence-corrected chi connectivity index (χ4v) is 14.1. The average Bonchev–Trinajstić information content (AvgIpc) is 0.693. The molecule has 0 fully saturated rings. The Labute approximate surface area is 533 Å². The molecule has 15 rings (SSSR count). The molecule has 0 saturated carbocycles. The first-order chi connectivity index (χ1) is 43.2. The Hall–Kier alpha value is -9.65. The quantitative estimate of drug-likeness (QED) is 0.141. The summed E-state index contributed by atoms with van der Waals surface area (Å²) < 4.78 is 15.0. The lowest BCUT2D eigenvalue weighted by molar-refractivity contribution is 0.483. The van der Waals surface area contributed by atoms with Crippen molar-refractivity contribution in [2.45, 2.75) is 105 Å². The molecule has 6 nitrogen and oxygen atoms in total. The van der Waals surface area contributed by atoms with E-state index in [0.717, 1.165) is 113 Å². The number of anilines is 12. The molecular weight excluding hydrogens is 1090 g/mol. The highest BCUT2D eigenvalue weighted by atomic mass is 16.5. The smallest absolute Gasteiger partial charge is 0.256 e. The van der Waals surface area contributed by atoms with Gasteiger partial charge in [0.1, 0.15) is 23.0 Å². The monoisotopic (exact) mass is 1170 g/mol. The van der Waals surface area contributed by atoms with Crippen molar-refractivity contribution in [3.63, 3.8) is 0 Å². The molecule has 0 aliphatic carbocycles. The van der Waals surface area contributed by atoms with Crippen LogP contribution >= 0.6 is 0 Å². The van der Waals surface area contributed by atoms with Crippen LogP contribution in [0.4, 0.5) is 68.2 Å². The Morgan fingerprint density at radius 3 is 0.978 bits per heavy atom. The number of nitrogens with zero attached hydrogens (tertiary/aromatic N) is 4. The number of rotatable bonds is 8. The fourth-order valence-electron chi connectivity index (χ4n) is 14.1. The van der Waals surface area contributed by atoms with Gasteiger partial charge in [0, 0.05) is 69.0 Å². The first-order valence-electron chi connectivity index (χ1n) is 32.0. The predicted octanol–water partition coefficient (Wildman–Crippen LogP) is 18.6. The van der Waals surface area contributed by atoms with Gasteiger partial charge in [-0.15, -0.1) is 0 Å². The van der Waals surface area contributed by atoms with Crippen LogP contribution in [-0.4, -0.2) is 13.4 Å². The van der Waals surface area contributed by atoms with Crippen molar-refractivity contribution in [3.05, 3.63) is 265 Å². The van der Waals surface area contributed by atoms with E-state index in [9.17, 15) is 0 Å². The molecule has 442 valence electrons. The topological polar surface area (TPSA) is 31.4 Å². The molecule has 4 aliphatic heterocycles. The lowest BCUT2D eigenvalue weighted by atomic mass is 9.30. The van der Waals surface area contributed by atoms with Crippen molar-refractivity contribution in [2.24, 2.45) is 0 Å². The van der Waals surface area contributed by atoms with E-state index in [0.29, 0.717) is 0 Å². The summed E-state index contributed by atoms with van der Waals surface area (Å²) in [7, 11) is 0. The second-order valence-corrected chi connectivity index (χ2v) is 29.1. The summed E-state index contributed by atoms with van der Waals surface area (Å²) in [6, 6.07) is 90.2. The van der Waals surface area contributed by atoms with Crippen molar-refractivity contribution >= 4 is 114 Å². The van der Waals surface area contributed by atoms with E-state index in [-0.39, 0.29) is 35.1 Å². The van der Waals surface area contributed by atoms with Crippen LogP contribution in [0.15, 0.2) is 243 Å². The lowest BCUT2D eigenvalue weighted by Gasteiger charge is -2.45. The molecule has 90 heavy (non-hydrogen) atoms. The van der Waals surface area contributed by atoms with E-state index in [1.807, 2.05) is 0 Å². The summed E-state index contributed by atoms with van der Waals surface area (Å²) in [5.41, 5.74) is 24.3. The predicted molar refractivity (Wildman–Crippen MR) is 382 cm³/mol. The molecule has 4 heterocycles. The zero-order valence-corrected chi connectivity index (χ0v) is 53.9. The number of benzene rings is 11. The molecule has 0 N–H and O–H groups in total. The standard InChI is InChI=1S/C82H76B2N4O2/c1-79(2,3)53-27-25-37-61(43-53)85(57-29-17-13-18-30-57)63-47-71-77-75(49-63)89-73-45-55(81(7,8)9)39-41-65(73)83(77)67-51-68-70(52-69(67)87(71)59-33-21-15-22-34-59)88(60-35-23-16-24-36-60)72-48-64(50-76-78(72)84(68)66-42-40-56(82(10,11)12)46-74(66)90-76)86(58-31-19-14-20-32-58)62-38-26-28-54(44-62)80(4,5)6/h13-52H,1-12H3. The van der Waals surface area contributed by atoms with E-state index >= 15 is 0 Å². The van der Waals surface area contributed by atoms with Gasteiger partial charge in [0.25, 0.3) is 13.4 Å².